The number of carbonyl (C=O) groups excluding carboxylic acids is 1. The van der Waals surface area contributed by atoms with Crippen molar-refractivity contribution in [1.29, 1.82) is 0 Å². The van der Waals surface area contributed by atoms with E-state index in [1.807, 2.05) is 0 Å². The summed E-state index contributed by atoms with van der Waals surface area (Å²) in [4.78, 5) is 28.2. The van der Waals surface area contributed by atoms with Gasteiger partial charge in [-0.3, -0.25) is 9.36 Å². The second kappa shape index (κ2) is 4.01. The van der Waals surface area contributed by atoms with Gasteiger partial charge in [-0.05, 0) is 18.2 Å². The van der Waals surface area contributed by atoms with Gasteiger partial charge < -0.3 is 9.79 Å². The number of hydrogen-bond acceptors (Lipinski definition) is 2. The average Bonchev–Trinajstić information content (AvgIpc) is 2.07. The Labute approximate surface area is 89.6 Å². The van der Waals surface area contributed by atoms with Gasteiger partial charge in [0.25, 0.3) is 5.52 Å². The topological polar surface area (TPSA) is 74.6 Å². The van der Waals surface area contributed by atoms with Crippen LogP contribution < -0.4 is 0 Å². The summed E-state index contributed by atoms with van der Waals surface area (Å²) >= 11 is 11.1. The van der Waals surface area contributed by atoms with Gasteiger partial charge in [-0.25, -0.2) is 0 Å². The van der Waals surface area contributed by atoms with Crippen molar-refractivity contribution in [1.82, 2.24) is 0 Å². The van der Waals surface area contributed by atoms with Crippen molar-refractivity contribution >= 4 is 36.3 Å². The Balaban J connectivity index is 3.16. The fourth-order valence-electron chi connectivity index (χ4n) is 0.797. The molecule has 1 aromatic rings. The van der Waals surface area contributed by atoms with Gasteiger partial charge in [-0.1, -0.05) is 23.2 Å². The molecule has 0 bridgehead atoms. The van der Waals surface area contributed by atoms with Gasteiger partial charge in [-0.15, -0.1) is 0 Å². The van der Waals surface area contributed by atoms with Crippen molar-refractivity contribution < 1.29 is 19.1 Å². The standard InChI is InChI=1S/C7H5Cl2O4P/c8-5-2-1-4(3-6(5)9)7(10)14(11,12)13/h1-3H,(H2,11,12,13). The molecule has 0 aromatic heterocycles. The Hall–Kier alpha value is -0.380. The highest BCUT2D eigenvalue weighted by Crippen LogP contribution is 2.39. The van der Waals surface area contributed by atoms with E-state index in [1.165, 1.54) is 12.1 Å². The summed E-state index contributed by atoms with van der Waals surface area (Å²) in [6, 6.07) is 3.62. The van der Waals surface area contributed by atoms with Gasteiger partial charge in [0.15, 0.2) is 0 Å². The quantitative estimate of drug-likeness (QED) is 0.795. The van der Waals surface area contributed by atoms with Crippen molar-refractivity contribution in [3.63, 3.8) is 0 Å². The predicted molar refractivity (Wildman–Crippen MR) is 52.8 cm³/mol. The van der Waals surface area contributed by atoms with Crippen LogP contribution in [-0.2, 0) is 4.57 Å². The van der Waals surface area contributed by atoms with Crippen molar-refractivity contribution in [2.24, 2.45) is 0 Å². The number of hydrogen-bond donors (Lipinski definition) is 2. The zero-order valence-electron chi connectivity index (χ0n) is 6.65. The molecule has 4 nitrogen and oxygen atoms in total. The maximum atomic E-state index is 11.1. The van der Waals surface area contributed by atoms with E-state index in [0.717, 1.165) is 6.07 Å². The fraction of sp³-hybridized carbons (Fsp3) is 0. The number of rotatable bonds is 2. The van der Waals surface area contributed by atoms with Crippen LogP contribution in [0, 0.1) is 0 Å². The van der Waals surface area contributed by atoms with Crippen molar-refractivity contribution in [2.75, 3.05) is 0 Å². The molecule has 0 fully saturated rings. The third-order valence-electron chi connectivity index (χ3n) is 1.43. The molecule has 0 amide bonds. The molecule has 0 heterocycles. The van der Waals surface area contributed by atoms with Crippen molar-refractivity contribution in [2.45, 2.75) is 0 Å². The van der Waals surface area contributed by atoms with Crippen LogP contribution in [-0.4, -0.2) is 15.3 Å². The smallest absolute Gasteiger partial charge is 0.319 e. The first-order valence-corrected chi connectivity index (χ1v) is 5.74. The molecule has 0 saturated heterocycles. The van der Waals surface area contributed by atoms with E-state index >= 15 is 0 Å². The highest BCUT2D eigenvalue weighted by atomic mass is 35.5. The molecule has 1 rings (SSSR count). The van der Waals surface area contributed by atoms with Crippen LogP contribution in [0.1, 0.15) is 10.4 Å². The maximum Gasteiger partial charge on any atom is 0.396 e. The Morgan fingerprint density at radius 3 is 2.21 bits per heavy atom. The molecule has 7 heteroatoms. The minimum Gasteiger partial charge on any atom is -0.319 e. The van der Waals surface area contributed by atoms with E-state index < -0.39 is 13.1 Å². The average molecular weight is 255 g/mol. The van der Waals surface area contributed by atoms with Crippen LogP contribution in [0.2, 0.25) is 10.0 Å². The first-order chi connectivity index (χ1) is 6.32. The van der Waals surface area contributed by atoms with Gasteiger partial charge in [0.1, 0.15) is 0 Å². The molecule has 0 atom stereocenters. The van der Waals surface area contributed by atoms with Gasteiger partial charge >= 0.3 is 7.60 Å². The van der Waals surface area contributed by atoms with Crippen molar-refractivity contribution in [3.05, 3.63) is 33.8 Å². The molecular weight excluding hydrogens is 250 g/mol. The third kappa shape index (κ3) is 2.56. The largest absolute Gasteiger partial charge is 0.396 e. The monoisotopic (exact) mass is 254 g/mol. The SMILES string of the molecule is O=C(c1ccc(Cl)c(Cl)c1)P(=O)(O)O. The first-order valence-electron chi connectivity index (χ1n) is 3.38. The van der Waals surface area contributed by atoms with E-state index in [-0.39, 0.29) is 15.6 Å². The maximum absolute atomic E-state index is 11.1. The summed E-state index contributed by atoms with van der Waals surface area (Å²) in [5, 5.41) is 0.292. The van der Waals surface area contributed by atoms with Gasteiger partial charge in [0.05, 0.1) is 10.0 Å². The first kappa shape index (κ1) is 11.7. The molecule has 0 aliphatic carbocycles. The highest BCUT2D eigenvalue weighted by Gasteiger charge is 2.27. The van der Waals surface area contributed by atoms with E-state index in [0.29, 0.717) is 0 Å². The Kier molecular flexibility index (Phi) is 3.35. The Morgan fingerprint density at radius 1 is 1.21 bits per heavy atom. The molecule has 76 valence electrons. The zero-order chi connectivity index (χ0) is 10.9. The van der Waals surface area contributed by atoms with Gasteiger partial charge in [0.2, 0.25) is 0 Å². The van der Waals surface area contributed by atoms with E-state index in [2.05, 4.69) is 0 Å². The lowest BCUT2D eigenvalue weighted by molar-refractivity contribution is 0.104. The molecule has 0 aliphatic rings. The van der Waals surface area contributed by atoms with Gasteiger partial charge in [0, 0.05) is 5.56 Å². The summed E-state index contributed by atoms with van der Waals surface area (Å²) < 4.78 is 10.6. The Morgan fingerprint density at radius 2 is 1.79 bits per heavy atom. The second-order valence-corrected chi connectivity index (χ2v) is 4.79. The molecular formula is C7H5Cl2O4P. The summed E-state index contributed by atoms with van der Waals surface area (Å²) in [5.41, 5.74) is -1.43. The third-order valence-corrected chi connectivity index (χ3v) is 2.96. The molecule has 0 unspecified atom stereocenters. The van der Waals surface area contributed by atoms with Crippen LogP contribution in [0.4, 0.5) is 0 Å². The summed E-state index contributed by atoms with van der Waals surface area (Å²) in [6.07, 6.45) is 0. The highest BCUT2D eigenvalue weighted by molar-refractivity contribution is 7.70. The van der Waals surface area contributed by atoms with Gasteiger partial charge in [-0.2, -0.15) is 0 Å². The molecule has 0 spiro atoms. The van der Waals surface area contributed by atoms with E-state index in [9.17, 15) is 9.36 Å². The number of halogens is 2. The molecule has 0 saturated carbocycles. The van der Waals surface area contributed by atoms with E-state index in [1.54, 1.807) is 0 Å². The normalized spacial score (nSPS) is 11.4. The van der Waals surface area contributed by atoms with Crippen LogP contribution in [0.5, 0.6) is 0 Å². The van der Waals surface area contributed by atoms with Crippen LogP contribution in [0.25, 0.3) is 0 Å². The summed E-state index contributed by atoms with van der Waals surface area (Å²) in [7, 11) is -4.75. The molecule has 14 heavy (non-hydrogen) atoms. The lowest BCUT2D eigenvalue weighted by atomic mass is 10.2. The van der Waals surface area contributed by atoms with E-state index in [4.69, 9.17) is 33.0 Å². The summed E-state index contributed by atoms with van der Waals surface area (Å²) in [5.74, 6) is 0. The molecule has 2 N–H and O–H groups in total. The molecule has 0 radical (unpaired) electrons. The Bertz CT molecular complexity index is 426. The molecule has 1 aromatic carbocycles. The van der Waals surface area contributed by atoms with Crippen LogP contribution in [0.3, 0.4) is 0 Å². The minimum absolute atomic E-state index is 0.0750. The lowest BCUT2D eigenvalue weighted by Crippen LogP contribution is -1.99. The fourth-order valence-corrected chi connectivity index (χ4v) is 1.57. The zero-order valence-corrected chi connectivity index (χ0v) is 9.05. The summed E-state index contributed by atoms with van der Waals surface area (Å²) in [6.45, 7) is 0. The van der Waals surface area contributed by atoms with Crippen molar-refractivity contribution in [3.8, 4) is 0 Å². The second-order valence-electron chi connectivity index (χ2n) is 2.48. The minimum atomic E-state index is -4.75. The van der Waals surface area contributed by atoms with Crippen LogP contribution >= 0.6 is 30.8 Å². The van der Waals surface area contributed by atoms with Crippen LogP contribution in [0.15, 0.2) is 18.2 Å². The number of benzene rings is 1. The lowest BCUT2D eigenvalue weighted by Gasteiger charge is -2.03. The molecule has 0 aliphatic heterocycles. The predicted octanol–water partition coefficient (Wildman–Crippen LogP) is 2.31. The number of carbonyl (C=O) groups is 1.